The molecule has 0 unspecified atom stereocenters. The predicted molar refractivity (Wildman–Crippen MR) is 72.6 cm³/mol. The maximum Gasteiger partial charge on any atom is 0.253 e. The van der Waals surface area contributed by atoms with Crippen molar-refractivity contribution in [3.63, 3.8) is 0 Å². The van der Waals surface area contributed by atoms with Crippen LogP contribution in [0.2, 0.25) is 0 Å². The number of hydrogen-bond donors (Lipinski definition) is 0. The van der Waals surface area contributed by atoms with Crippen molar-refractivity contribution in [3.8, 4) is 5.75 Å². The van der Waals surface area contributed by atoms with Crippen molar-refractivity contribution in [2.24, 2.45) is 0 Å². The Morgan fingerprint density at radius 3 is 2.76 bits per heavy atom. The van der Waals surface area contributed by atoms with Crippen LogP contribution in [0.5, 0.6) is 5.75 Å². The normalized spacial score (nSPS) is 10.1. The Morgan fingerprint density at radius 1 is 1.47 bits per heavy atom. The van der Waals surface area contributed by atoms with Gasteiger partial charge in [0.25, 0.3) is 5.91 Å². The molecule has 1 rings (SSSR count). The first-order valence-electron chi connectivity index (χ1n) is 5.69. The van der Waals surface area contributed by atoms with Gasteiger partial charge >= 0.3 is 0 Å². The van der Waals surface area contributed by atoms with E-state index >= 15 is 0 Å². The van der Waals surface area contributed by atoms with Crippen molar-refractivity contribution in [2.75, 3.05) is 20.7 Å². The molecule has 1 aromatic rings. The Kier molecular flexibility index (Phi) is 5.48. The van der Waals surface area contributed by atoms with E-state index in [1.807, 2.05) is 13.1 Å². The highest BCUT2D eigenvalue weighted by molar-refractivity contribution is 9.10. The van der Waals surface area contributed by atoms with Crippen molar-refractivity contribution >= 4 is 21.8 Å². The van der Waals surface area contributed by atoms with Gasteiger partial charge in [0.1, 0.15) is 5.75 Å². The summed E-state index contributed by atoms with van der Waals surface area (Å²) in [6, 6.07) is 5.39. The standard InChI is InChI=1S/C13H18BrNO2/c1-4-5-8-15(2)13(16)10-6-7-11(14)12(9-10)17-3/h6-7,9H,4-5,8H2,1-3H3. The van der Waals surface area contributed by atoms with Gasteiger partial charge in [-0.05, 0) is 40.5 Å². The Labute approximate surface area is 111 Å². The zero-order valence-electron chi connectivity index (χ0n) is 10.5. The Hall–Kier alpha value is -1.03. The number of carbonyl (C=O) groups excluding carboxylic acids is 1. The minimum Gasteiger partial charge on any atom is -0.496 e. The first kappa shape index (κ1) is 14.0. The lowest BCUT2D eigenvalue weighted by Crippen LogP contribution is -2.27. The third-order valence-corrected chi connectivity index (χ3v) is 3.25. The van der Waals surface area contributed by atoms with Crippen molar-refractivity contribution in [2.45, 2.75) is 19.8 Å². The number of halogens is 1. The monoisotopic (exact) mass is 299 g/mol. The van der Waals surface area contributed by atoms with Crippen molar-refractivity contribution < 1.29 is 9.53 Å². The lowest BCUT2D eigenvalue weighted by Gasteiger charge is -2.17. The summed E-state index contributed by atoms with van der Waals surface area (Å²) in [4.78, 5) is 13.8. The second-order valence-electron chi connectivity index (χ2n) is 3.93. The number of hydrogen-bond acceptors (Lipinski definition) is 2. The average Bonchev–Trinajstić information content (AvgIpc) is 2.35. The molecular weight excluding hydrogens is 282 g/mol. The minimum absolute atomic E-state index is 0.0317. The zero-order chi connectivity index (χ0) is 12.8. The number of nitrogens with zero attached hydrogens (tertiary/aromatic N) is 1. The third kappa shape index (κ3) is 3.73. The van der Waals surface area contributed by atoms with Crippen molar-refractivity contribution in [1.82, 2.24) is 4.90 Å². The molecule has 0 atom stereocenters. The van der Waals surface area contributed by atoms with Crippen LogP contribution >= 0.6 is 15.9 Å². The van der Waals surface area contributed by atoms with Gasteiger partial charge in [0.2, 0.25) is 0 Å². The molecule has 94 valence electrons. The molecule has 0 fully saturated rings. The molecule has 1 amide bonds. The van der Waals surface area contributed by atoms with Gasteiger partial charge in [-0.25, -0.2) is 0 Å². The van der Waals surface area contributed by atoms with Gasteiger partial charge in [-0.15, -0.1) is 0 Å². The lowest BCUT2D eigenvalue weighted by atomic mass is 10.2. The van der Waals surface area contributed by atoms with Crippen LogP contribution in [0, 0.1) is 0 Å². The largest absolute Gasteiger partial charge is 0.496 e. The Bertz CT molecular complexity index is 393. The van der Waals surface area contributed by atoms with Gasteiger partial charge in [0.05, 0.1) is 11.6 Å². The van der Waals surface area contributed by atoms with Crippen LogP contribution in [0.3, 0.4) is 0 Å². The van der Waals surface area contributed by atoms with E-state index in [0.29, 0.717) is 11.3 Å². The van der Waals surface area contributed by atoms with E-state index in [9.17, 15) is 4.79 Å². The van der Waals surface area contributed by atoms with E-state index in [-0.39, 0.29) is 5.91 Å². The molecule has 0 heterocycles. The van der Waals surface area contributed by atoms with E-state index in [1.54, 1.807) is 24.1 Å². The van der Waals surface area contributed by atoms with Crippen LogP contribution < -0.4 is 4.74 Å². The fourth-order valence-corrected chi connectivity index (χ4v) is 1.92. The van der Waals surface area contributed by atoms with Crippen LogP contribution in [-0.4, -0.2) is 31.5 Å². The number of rotatable bonds is 5. The number of unbranched alkanes of at least 4 members (excludes halogenated alkanes) is 1. The predicted octanol–water partition coefficient (Wildman–Crippen LogP) is 3.33. The fraction of sp³-hybridized carbons (Fsp3) is 0.462. The molecule has 0 aliphatic rings. The molecule has 0 bridgehead atoms. The SMILES string of the molecule is CCCCN(C)C(=O)c1ccc(Br)c(OC)c1. The first-order valence-corrected chi connectivity index (χ1v) is 6.48. The summed E-state index contributed by atoms with van der Waals surface area (Å²) in [5, 5.41) is 0. The number of benzene rings is 1. The molecule has 0 saturated heterocycles. The van der Waals surface area contributed by atoms with E-state index < -0.39 is 0 Å². The summed E-state index contributed by atoms with van der Waals surface area (Å²) in [6.45, 7) is 2.90. The highest BCUT2D eigenvalue weighted by Crippen LogP contribution is 2.26. The van der Waals surface area contributed by atoms with E-state index in [2.05, 4.69) is 22.9 Å². The highest BCUT2D eigenvalue weighted by atomic mass is 79.9. The van der Waals surface area contributed by atoms with Gasteiger partial charge in [0.15, 0.2) is 0 Å². The summed E-state index contributed by atoms with van der Waals surface area (Å²) in [6.07, 6.45) is 2.11. The molecule has 4 heteroatoms. The van der Waals surface area contributed by atoms with Crippen LogP contribution in [0.25, 0.3) is 0 Å². The number of ether oxygens (including phenoxy) is 1. The minimum atomic E-state index is 0.0317. The smallest absolute Gasteiger partial charge is 0.253 e. The van der Waals surface area contributed by atoms with Gasteiger partial charge in [0, 0.05) is 19.2 Å². The molecule has 0 spiro atoms. The summed E-state index contributed by atoms with van der Waals surface area (Å²) in [5.41, 5.74) is 0.656. The van der Waals surface area contributed by atoms with Crippen LogP contribution in [0.1, 0.15) is 30.1 Å². The topological polar surface area (TPSA) is 29.5 Å². The van der Waals surface area contributed by atoms with Gasteiger partial charge in [-0.3, -0.25) is 4.79 Å². The Balaban J connectivity index is 2.81. The fourth-order valence-electron chi connectivity index (χ4n) is 1.51. The second-order valence-corrected chi connectivity index (χ2v) is 4.78. The Morgan fingerprint density at radius 2 is 2.18 bits per heavy atom. The molecule has 0 N–H and O–H groups in total. The number of carbonyl (C=O) groups is 1. The second kappa shape index (κ2) is 6.64. The molecular formula is C13H18BrNO2. The molecule has 1 aromatic carbocycles. The number of amides is 1. The first-order chi connectivity index (χ1) is 8.10. The lowest BCUT2D eigenvalue weighted by molar-refractivity contribution is 0.0793. The van der Waals surface area contributed by atoms with E-state index in [1.165, 1.54) is 0 Å². The maximum atomic E-state index is 12.1. The van der Waals surface area contributed by atoms with Crippen molar-refractivity contribution in [3.05, 3.63) is 28.2 Å². The molecule has 0 aliphatic heterocycles. The number of methoxy groups -OCH3 is 1. The van der Waals surface area contributed by atoms with Crippen LogP contribution in [0.4, 0.5) is 0 Å². The third-order valence-electron chi connectivity index (χ3n) is 2.59. The van der Waals surface area contributed by atoms with Gasteiger partial charge in [-0.2, -0.15) is 0 Å². The maximum absolute atomic E-state index is 12.1. The molecule has 3 nitrogen and oxygen atoms in total. The molecule has 17 heavy (non-hydrogen) atoms. The van der Waals surface area contributed by atoms with Crippen molar-refractivity contribution in [1.29, 1.82) is 0 Å². The molecule has 0 radical (unpaired) electrons. The van der Waals surface area contributed by atoms with Gasteiger partial charge < -0.3 is 9.64 Å². The van der Waals surface area contributed by atoms with E-state index in [0.717, 1.165) is 23.9 Å². The molecule has 0 saturated carbocycles. The summed E-state index contributed by atoms with van der Waals surface area (Å²) in [5.74, 6) is 0.712. The van der Waals surface area contributed by atoms with Crippen LogP contribution in [0.15, 0.2) is 22.7 Å². The quantitative estimate of drug-likeness (QED) is 0.835. The molecule has 0 aliphatic carbocycles. The summed E-state index contributed by atoms with van der Waals surface area (Å²) < 4.78 is 6.03. The summed E-state index contributed by atoms with van der Waals surface area (Å²) in [7, 11) is 3.42. The van der Waals surface area contributed by atoms with E-state index in [4.69, 9.17) is 4.74 Å². The zero-order valence-corrected chi connectivity index (χ0v) is 12.1. The average molecular weight is 300 g/mol. The van der Waals surface area contributed by atoms with Crippen LogP contribution in [-0.2, 0) is 0 Å². The summed E-state index contributed by atoms with van der Waals surface area (Å²) >= 11 is 3.37. The van der Waals surface area contributed by atoms with Gasteiger partial charge in [-0.1, -0.05) is 13.3 Å². The molecule has 0 aromatic heterocycles. The highest BCUT2D eigenvalue weighted by Gasteiger charge is 2.13.